The first kappa shape index (κ1) is 13.2. The minimum atomic E-state index is -0.114. The van der Waals surface area contributed by atoms with Crippen molar-refractivity contribution < 1.29 is 4.74 Å². The van der Waals surface area contributed by atoms with Crippen molar-refractivity contribution in [2.75, 3.05) is 26.2 Å². The van der Waals surface area contributed by atoms with Gasteiger partial charge >= 0.3 is 0 Å². The summed E-state index contributed by atoms with van der Waals surface area (Å²) in [7, 11) is 0. The van der Waals surface area contributed by atoms with E-state index in [4.69, 9.17) is 4.74 Å². The Hall–Kier alpha value is -1.20. The molecule has 0 amide bonds. The van der Waals surface area contributed by atoms with Crippen LogP contribution in [0.5, 0.6) is 0 Å². The Balaban J connectivity index is 2.18. The SMILES string of the molecule is CCCN1CCOC(c2nc(C)c(C)c(=O)[nH]2)C1. The Morgan fingerprint density at radius 3 is 2.94 bits per heavy atom. The summed E-state index contributed by atoms with van der Waals surface area (Å²) in [6.45, 7) is 9.34. The molecule has 18 heavy (non-hydrogen) atoms. The van der Waals surface area contributed by atoms with Crippen LogP contribution in [0.3, 0.4) is 0 Å². The minimum absolute atomic E-state index is 0.0614. The number of hydrogen-bond donors (Lipinski definition) is 1. The first-order chi connectivity index (χ1) is 8.61. The smallest absolute Gasteiger partial charge is 0.254 e. The van der Waals surface area contributed by atoms with Gasteiger partial charge in [-0.1, -0.05) is 6.92 Å². The standard InChI is InChI=1S/C13H21N3O2/c1-4-5-16-6-7-18-11(8-16)12-14-10(3)9(2)13(17)15-12/h11H,4-8H2,1-3H3,(H,14,15,17). The summed E-state index contributed by atoms with van der Waals surface area (Å²) in [4.78, 5) is 21.4. The highest BCUT2D eigenvalue weighted by atomic mass is 16.5. The number of aromatic nitrogens is 2. The molecule has 0 saturated carbocycles. The largest absolute Gasteiger partial charge is 0.368 e. The molecule has 1 aromatic rings. The predicted octanol–water partition coefficient (Wildman–Crippen LogP) is 1.17. The average molecular weight is 251 g/mol. The number of nitrogens with zero attached hydrogens (tertiary/aromatic N) is 2. The number of morpholine rings is 1. The quantitative estimate of drug-likeness (QED) is 0.876. The number of hydrogen-bond acceptors (Lipinski definition) is 4. The van der Waals surface area contributed by atoms with Crippen LogP contribution in [0, 0.1) is 13.8 Å². The second kappa shape index (κ2) is 5.63. The maximum absolute atomic E-state index is 11.7. The molecule has 0 spiro atoms. The Morgan fingerprint density at radius 2 is 2.28 bits per heavy atom. The van der Waals surface area contributed by atoms with Crippen LogP contribution in [-0.4, -0.2) is 41.1 Å². The molecule has 0 bridgehead atoms. The van der Waals surface area contributed by atoms with Gasteiger partial charge in [0.05, 0.1) is 6.61 Å². The number of H-pyrrole nitrogens is 1. The molecule has 1 aliphatic rings. The zero-order chi connectivity index (χ0) is 13.1. The zero-order valence-corrected chi connectivity index (χ0v) is 11.3. The molecule has 5 heteroatoms. The lowest BCUT2D eigenvalue weighted by atomic mass is 10.2. The van der Waals surface area contributed by atoms with E-state index in [-0.39, 0.29) is 11.7 Å². The van der Waals surface area contributed by atoms with Gasteiger partial charge in [0.1, 0.15) is 11.9 Å². The molecular formula is C13H21N3O2. The van der Waals surface area contributed by atoms with Crippen LogP contribution in [0.4, 0.5) is 0 Å². The fourth-order valence-electron chi connectivity index (χ4n) is 2.21. The van der Waals surface area contributed by atoms with E-state index in [1.807, 2.05) is 6.92 Å². The normalized spacial score (nSPS) is 21.2. The van der Waals surface area contributed by atoms with E-state index < -0.39 is 0 Å². The van der Waals surface area contributed by atoms with Gasteiger partial charge in [-0.3, -0.25) is 9.69 Å². The highest BCUT2D eigenvalue weighted by Gasteiger charge is 2.23. The van der Waals surface area contributed by atoms with Gasteiger partial charge in [0.15, 0.2) is 0 Å². The summed E-state index contributed by atoms with van der Waals surface area (Å²) >= 11 is 0. The minimum Gasteiger partial charge on any atom is -0.368 e. The highest BCUT2D eigenvalue weighted by molar-refractivity contribution is 5.15. The first-order valence-corrected chi connectivity index (χ1v) is 6.53. The second-order valence-electron chi connectivity index (χ2n) is 4.82. The third kappa shape index (κ3) is 2.79. The maximum atomic E-state index is 11.7. The Bertz CT molecular complexity index is 468. The van der Waals surface area contributed by atoms with E-state index in [1.54, 1.807) is 6.92 Å². The van der Waals surface area contributed by atoms with Gasteiger partial charge in [0.25, 0.3) is 5.56 Å². The van der Waals surface area contributed by atoms with Gasteiger partial charge in [-0.2, -0.15) is 0 Å². The average Bonchev–Trinajstić information content (AvgIpc) is 2.36. The van der Waals surface area contributed by atoms with Crippen molar-refractivity contribution in [2.24, 2.45) is 0 Å². The van der Waals surface area contributed by atoms with E-state index in [9.17, 15) is 4.79 Å². The summed E-state index contributed by atoms with van der Waals surface area (Å²) in [6, 6.07) is 0. The van der Waals surface area contributed by atoms with E-state index in [0.29, 0.717) is 18.0 Å². The fourth-order valence-corrected chi connectivity index (χ4v) is 2.21. The summed E-state index contributed by atoms with van der Waals surface area (Å²) in [5, 5.41) is 0. The van der Waals surface area contributed by atoms with Gasteiger partial charge < -0.3 is 9.72 Å². The molecule has 1 unspecified atom stereocenters. The van der Waals surface area contributed by atoms with Crippen LogP contribution in [0.1, 0.15) is 36.5 Å². The maximum Gasteiger partial charge on any atom is 0.254 e. The lowest BCUT2D eigenvalue weighted by Crippen LogP contribution is -2.39. The molecule has 1 N–H and O–H groups in total. The number of ether oxygens (including phenoxy) is 1. The molecule has 1 fully saturated rings. The number of nitrogens with one attached hydrogen (secondary N) is 1. The van der Waals surface area contributed by atoms with Crippen LogP contribution >= 0.6 is 0 Å². The van der Waals surface area contributed by atoms with Crippen molar-refractivity contribution in [3.63, 3.8) is 0 Å². The van der Waals surface area contributed by atoms with Gasteiger partial charge in [-0.25, -0.2) is 4.98 Å². The van der Waals surface area contributed by atoms with Crippen molar-refractivity contribution in [1.29, 1.82) is 0 Å². The monoisotopic (exact) mass is 251 g/mol. The van der Waals surface area contributed by atoms with Crippen LogP contribution in [-0.2, 0) is 4.74 Å². The molecule has 0 aromatic carbocycles. The summed E-state index contributed by atoms with van der Waals surface area (Å²) in [5.74, 6) is 0.656. The lowest BCUT2D eigenvalue weighted by Gasteiger charge is -2.32. The molecule has 1 aliphatic heterocycles. The van der Waals surface area contributed by atoms with E-state index in [1.165, 1.54) is 0 Å². The highest BCUT2D eigenvalue weighted by Crippen LogP contribution is 2.18. The molecule has 0 radical (unpaired) electrons. The molecule has 1 saturated heterocycles. The summed E-state index contributed by atoms with van der Waals surface area (Å²) in [5.41, 5.74) is 1.40. The van der Waals surface area contributed by atoms with Crippen molar-refractivity contribution in [2.45, 2.75) is 33.3 Å². The summed E-state index contributed by atoms with van der Waals surface area (Å²) in [6.07, 6.45) is 1.01. The van der Waals surface area contributed by atoms with E-state index >= 15 is 0 Å². The molecule has 100 valence electrons. The molecule has 0 aliphatic carbocycles. The molecule has 2 rings (SSSR count). The molecule has 2 heterocycles. The van der Waals surface area contributed by atoms with Gasteiger partial charge in [0, 0.05) is 24.3 Å². The van der Waals surface area contributed by atoms with Crippen LogP contribution in [0.25, 0.3) is 0 Å². The molecular weight excluding hydrogens is 230 g/mol. The van der Waals surface area contributed by atoms with Gasteiger partial charge in [-0.15, -0.1) is 0 Å². The van der Waals surface area contributed by atoms with Crippen LogP contribution in [0.2, 0.25) is 0 Å². The fraction of sp³-hybridized carbons (Fsp3) is 0.692. The third-order valence-corrected chi connectivity index (χ3v) is 3.41. The molecule has 5 nitrogen and oxygen atoms in total. The number of aromatic amines is 1. The Morgan fingerprint density at radius 1 is 1.50 bits per heavy atom. The van der Waals surface area contributed by atoms with E-state index in [0.717, 1.165) is 31.7 Å². The second-order valence-corrected chi connectivity index (χ2v) is 4.82. The number of aryl methyl sites for hydroxylation is 1. The van der Waals surface area contributed by atoms with E-state index in [2.05, 4.69) is 21.8 Å². The first-order valence-electron chi connectivity index (χ1n) is 6.53. The van der Waals surface area contributed by atoms with Gasteiger partial charge in [-0.05, 0) is 26.8 Å². The topological polar surface area (TPSA) is 58.2 Å². The third-order valence-electron chi connectivity index (χ3n) is 3.41. The Kier molecular flexibility index (Phi) is 4.14. The number of rotatable bonds is 3. The lowest BCUT2D eigenvalue weighted by molar-refractivity contribution is -0.0344. The van der Waals surface area contributed by atoms with Crippen molar-refractivity contribution in [3.05, 3.63) is 27.4 Å². The van der Waals surface area contributed by atoms with Crippen molar-refractivity contribution in [1.82, 2.24) is 14.9 Å². The van der Waals surface area contributed by atoms with Crippen molar-refractivity contribution >= 4 is 0 Å². The van der Waals surface area contributed by atoms with Crippen LogP contribution < -0.4 is 5.56 Å². The zero-order valence-electron chi connectivity index (χ0n) is 11.3. The van der Waals surface area contributed by atoms with Gasteiger partial charge in [0.2, 0.25) is 0 Å². The van der Waals surface area contributed by atoms with Crippen molar-refractivity contribution in [3.8, 4) is 0 Å². The molecule has 1 aromatic heterocycles. The predicted molar refractivity (Wildman–Crippen MR) is 69.8 cm³/mol. The summed E-state index contributed by atoms with van der Waals surface area (Å²) < 4.78 is 5.72. The molecule has 1 atom stereocenters. The Labute approximate surface area is 107 Å². The van der Waals surface area contributed by atoms with Crippen LogP contribution in [0.15, 0.2) is 4.79 Å².